The topological polar surface area (TPSA) is 42.4 Å². The first-order valence-electron chi connectivity index (χ1n) is 7.90. The number of benzene rings is 1. The number of rotatable bonds is 4. The number of hydrogen-bond donors (Lipinski definition) is 0. The highest BCUT2D eigenvalue weighted by Crippen LogP contribution is 2.33. The summed E-state index contributed by atoms with van der Waals surface area (Å²) in [5.74, 6) is 0.950. The Labute approximate surface area is 137 Å². The van der Waals surface area contributed by atoms with Gasteiger partial charge in [0.25, 0.3) is 0 Å². The van der Waals surface area contributed by atoms with Crippen molar-refractivity contribution in [3.63, 3.8) is 0 Å². The van der Waals surface area contributed by atoms with Crippen LogP contribution in [-0.2, 0) is 5.41 Å². The fourth-order valence-electron chi connectivity index (χ4n) is 2.85. The highest BCUT2D eigenvalue weighted by atomic mass is 16.5. The first kappa shape index (κ1) is 15.5. The van der Waals surface area contributed by atoms with Gasteiger partial charge in [-0.15, -0.1) is 0 Å². The molecule has 0 saturated carbocycles. The fourth-order valence-corrected chi connectivity index (χ4v) is 2.85. The predicted octanol–water partition coefficient (Wildman–Crippen LogP) is 3.46. The van der Waals surface area contributed by atoms with Crippen molar-refractivity contribution < 1.29 is 9.53 Å². The lowest BCUT2D eigenvalue weighted by Gasteiger charge is -2.41. The Morgan fingerprint density at radius 3 is 2.61 bits per heavy atom. The van der Waals surface area contributed by atoms with E-state index in [9.17, 15) is 4.79 Å². The molecule has 1 aromatic carbocycles. The predicted molar refractivity (Wildman–Crippen MR) is 91.4 cm³/mol. The largest absolute Gasteiger partial charge is 0.486 e. The van der Waals surface area contributed by atoms with Gasteiger partial charge in [-0.25, -0.2) is 0 Å². The van der Waals surface area contributed by atoms with Gasteiger partial charge >= 0.3 is 0 Å². The number of nitrogens with zero attached hydrogens (tertiary/aromatic N) is 2. The summed E-state index contributed by atoms with van der Waals surface area (Å²) in [6.45, 7) is 8.10. The lowest BCUT2D eigenvalue weighted by Crippen LogP contribution is -2.54. The van der Waals surface area contributed by atoms with Gasteiger partial charge in [0, 0.05) is 6.20 Å². The minimum atomic E-state index is 0.0497. The van der Waals surface area contributed by atoms with E-state index in [4.69, 9.17) is 4.74 Å². The summed E-state index contributed by atoms with van der Waals surface area (Å²) in [6, 6.07) is 12.0. The normalized spacial score (nSPS) is 15.2. The van der Waals surface area contributed by atoms with E-state index in [-0.39, 0.29) is 11.5 Å². The molecule has 0 unspecified atom stereocenters. The summed E-state index contributed by atoms with van der Waals surface area (Å²) >= 11 is 0. The van der Waals surface area contributed by atoms with E-state index in [0.717, 1.165) is 30.8 Å². The van der Waals surface area contributed by atoms with Gasteiger partial charge in [0.1, 0.15) is 17.5 Å². The molecule has 23 heavy (non-hydrogen) atoms. The summed E-state index contributed by atoms with van der Waals surface area (Å²) in [6.07, 6.45) is 2.58. The van der Waals surface area contributed by atoms with E-state index in [1.54, 1.807) is 6.20 Å². The first-order valence-corrected chi connectivity index (χ1v) is 7.90. The van der Waals surface area contributed by atoms with Crippen molar-refractivity contribution >= 4 is 12.0 Å². The molecule has 120 valence electrons. The van der Waals surface area contributed by atoms with Gasteiger partial charge in [-0.1, -0.05) is 39.0 Å². The Morgan fingerprint density at radius 1 is 1.17 bits per heavy atom. The highest BCUT2D eigenvalue weighted by Gasteiger charge is 2.31. The summed E-state index contributed by atoms with van der Waals surface area (Å²) < 4.78 is 6.18. The van der Waals surface area contributed by atoms with E-state index in [2.05, 4.69) is 36.7 Å². The maximum atomic E-state index is 11.1. The standard InChI is InChI=1S/C19H22N2O2/c1-19(2,3)15-7-4-5-9-18(15)23-14-11-21(12-14)17-8-6-10-20-16(17)13-22/h4-10,13-14H,11-12H2,1-3H3. The number of para-hydroxylation sites is 1. The molecule has 0 aliphatic carbocycles. The quantitative estimate of drug-likeness (QED) is 0.811. The van der Waals surface area contributed by atoms with Gasteiger partial charge in [-0.2, -0.15) is 0 Å². The molecule has 1 aliphatic rings. The van der Waals surface area contributed by atoms with E-state index < -0.39 is 0 Å². The third-order valence-corrected chi connectivity index (χ3v) is 4.11. The Morgan fingerprint density at radius 2 is 1.91 bits per heavy atom. The van der Waals surface area contributed by atoms with Crippen LogP contribution < -0.4 is 9.64 Å². The zero-order chi connectivity index (χ0) is 16.4. The van der Waals surface area contributed by atoms with Crippen molar-refractivity contribution in [2.24, 2.45) is 0 Å². The summed E-state index contributed by atoms with van der Waals surface area (Å²) in [7, 11) is 0. The Hall–Kier alpha value is -2.36. The van der Waals surface area contributed by atoms with Gasteiger partial charge in [-0.05, 0) is 29.2 Å². The molecule has 4 heteroatoms. The molecule has 0 radical (unpaired) electrons. The summed E-state index contributed by atoms with van der Waals surface area (Å²) in [5.41, 5.74) is 2.63. The van der Waals surface area contributed by atoms with Crippen LogP contribution in [0.3, 0.4) is 0 Å². The number of anilines is 1. The average molecular weight is 310 g/mol. The van der Waals surface area contributed by atoms with E-state index >= 15 is 0 Å². The Balaban J connectivity index is 1.69. The van der Waals surface area contributed by atoms with Crippen LogP contribution in [-0.4, -0.2) is 30.5 Å². The lowest BCUT2D eigenvalue weighted by molar-refractivity contribution is 0.111. The van der Waals surface area contributed by atoms with Gasteiger partial charge in [0.15, 0.2) is 6.29 Å². The van der Waals surface area contributed by atoms with E-state index in [1.165, 1.54) is 5.56 Å². The maximum absolute atomic E-state index is 11.1. The number of carbonyl (C=O) groups excluding carboxylic acids is 1. The Kier molecular flexibility index (Phi) is 4.07. The van der Waals surface area contributed by atoms with Crippen LogP contribution in [0.4, 0.5) is 5.69 Å². The van der Waals surface area contributed by atoms with Gasteiger partial charge < -0.3 is 9.64 Å². The van der Waals surface area contributed by atoms with Gasteiger partial charge in [0.05, 0.1) is 18.8 Å². The molecule has 2 heterocycles. The SMILES string of the molecule is CC(C)(C)c1ccccc1OC1CN(c2cccnc2C=O)C1. The second kappa shape index (κ2) is 6.03. The van der Waals surface area contributed by atoms with Crippen LogP contribution in [0.1, 0.15) is 36.8 Å². The molecule has 1 aliphatic heterocycles. The molecule has 0 amide bonds. The zero-order valence-electron chi connectivity index (χ0n) is 13.8. The second-order valence-corrected chi connectivity index (χ2v) is 6.92. The number of pyridine rings is 1. The van der Waals surface area contributed by atoms with Crippen molar-refractivity contribution in [1.82, 2.24) is 4.98 Å². The van der Waals surface area contributed by atoms with Crippen molar-refractivity contribution in [3.05, 3.63) is 53.9 Å². The van der Waals surface area contributed by atoms with E-state index in [1.807, 2.05) is 30.3 Å². The third-order valence-electron chi connectivity index (χ3n) is 4.11. The van der Waals surface area contributed by atoms with Crippen LogP contribution in [0, 0.1) is 0 Å². The fraction of sp³-hybridized carbons (Fsp3) is 0.368. The number of ether oxygens (including phenoxy) is 1. The molecule has 2 aromatic rings. The molecule has 0 N–H and O–H groups in total. The van der Waals surface area contributed by atoms with Gasteiger partial charge in [-0.3, -0.25) is 9.78 Å². The molecular weight excluding hydrogens is 288 g/mol. The molecule has 1 fully saturated rings. The molecular formula is C19H22N2O2. The highest BCUT2D eigenvalue weighted by molar-refractivity contribution is 5.82. The molecule has 1 aromatic heterocycles. The monoisotopic (exact) mass is 310 g/mol. The molecule has 3 rings (SSSR count). The molecule has 0 atom stereocenters. The lowest BCUT2D eigenvalue weighted by atomic mass is 9.86. The maximum Gasteiger partial charge on any atom is 0.170 e. The van der Waals surface area contributed by atoms with Crippen LogP contribution in [0.5, 0.6) is 5.75 Å². The molecule has 1 saturated heterocycles. The smallest absolute Gasteiger partial charge is 0.170 e. The molecule has 0 bridgehead atoms. The minimum absolute atomic E-state index is 0.0497. The number of hydrogen-bond acceptors (Lipinski definition) is 4. The molecule has 4 nitrogen and oxygen atoms in total. The number of carbonyl (C=O) groups is 1. The van der Waals surface area contributed by atoms with Crippen LogP contribution in [0.2, 0.25) is 0 Å². The average Bonchev–Trinajstić information content (AvgIpc) is 2.50. The van der Waals surface area contributed by atoms with Crippen molar-refractivity contribution in [2.75, 3.05) is 18.0 Å². The third kappa shape index (κ3) is 3.21. The number of aldehydes is 1. The van der Waals surface area contributed by atoms with Crippen LogP contribution in [0.25, 0.3) is 0 Å². The molecule has 0 spiro atoms. The first-order chi connectivity index (χ1) is 11.0. The van der Waals surface area contributed by atoms with Gasteiger partial charge in [0.2, 0.25) is 0 Å². The Bertz CT molecular complexity index is 701. The minimum Gasteiger partial charge on any atom is -0.486 e. The van der Waals surface area contributed by atoms with Crippen LogP contribution in [0.15, 0.2) is 42.6 Å². The van der Waals surface area contributed by atoms with Crippen molar-refractivity contribution in [1.29, 1.82) is 0 Å². The summed E-state index contributed by atoms with van der Waals surface area (Å²) in [4.78, 5) is 17.3. The van der Waals surface area contributed by atoms with Crippen molar-refractivity contribution in [2.45, 2.75) is 32.3 Å². The van der Waals surface area contributed by atoms with Crippen molar-refractivity contribution in [3.8, 4) is 5.75 Å². The summed E-state index contributed by atoms with van der Waals surface area (Å²) in [5, 5.41) is 0. The van der Waals surface area contributed by atoms with E-state index in [0.29, 0.717) is 5.69 Å². The van der Waals surface area contributed by atoms with Crippen LogP contribution >= 0.6 is 0 Å². The number of aromatic nitrogens is 1. The zero-order valence-corrected chi connectivity index (χ0v) is 13.8. The second-order valence-electron chi connectivity index (χ2n) is 6.92.